The summed E-state index contributed by atoms with van der Waals surface area (Å²) in [6, 6.07) is 0. The number of unbranched alkanes of at least 4 members (excludes halogenated alkanes) is 2. The molecule has 0 bridgehead atoms. The van der Waals surface area contributed by atoms with Crippen molar-refractivity contribution in [3.05, 3.63) is 0 Å². The lowest BCUT2D eigenvalue weighted by molar-refractivity contribution is -0.135. The summed E-state index contributed by atoms with van der Waals surface area (Å²) in [5.41, 5.74) is 0. The van der Waals surface area contributed by atoms with E-state index in [1.807, 2.05) is 6.92 Å². The summed E-state index contributed by atoms with van der Waals surface area (Å²) in [5, 5.41) is 0.0715. The Morgan fingerprint density at radius 2 is 1.79 bits per heavy atom. The highest BCUT2D eigenvalue weighted by atomic mass is 28.4. The van der Waals surface area contributed by atoms with Gasteiger partial charge in [-0.05, 0) is 31.0 Å². The van der Waals surface area contributed by atoms with Gasteiger partial charge in [0.25, 0.3) is 14.3 Å². The summed E-state index contributed by atoms with van der Waals surface area (Å²) < 4.78 is 5.69. The van der Waals surface area contributed by atoms with Crippen molar-refractivity contribution in [1.29, 1.82) is 0 Å². The van der Waals surface area contributed by atoms with E-state index < -0.39 is 8.32 Å². The minimum atomic E-state index is -1.96. The van der Waals surface area contributed by atoms with Gasteiger partial charge in [-0.1, -0.05) is 40.5 Å². The van der Waals surface area contributed by atoms with Crippen molar-refractivity contribution in [1.82, 2.24) is 0 Å². The summed E-state index contributed by atoms with van der Waals surface area (Å²) in [7, 11) is -1.96. The normalized spacial score (nSPS) is 14.0. The third-order valence-electron chi connectivity index (χ3n) is 3.95. The van der Waals surface area contributed by atoms with Gasteiger partial charge in [-0.2, -0.15) is 0 Å². The third-order valence-corrected chi connectivity index (χ3v) is 8.30. The Kier molecular flexibility index (Phi) is 7.56. The van der Waals surface area contributed by atoms with E-state index in [-0.39, 0.29) is 16.9 Å². The number of hydrogen-bond donors (Lipinski definition) is 0. The average Bonchev–Trinajstić information content (AvgIpc) is 2.25. The topological polar surface area (TPSA) is 43.4 Å². The van der Waals surface area contributed by atoms with Gasteiger partial charge in [0.05, 0.1) is 0 Å². The number of hydrogen-bond acceptors (Lipinski definition) is 3. The van der Waals surface area contributed by atoms with Gasteiger partial charge >= 0.3 is 0 Å². The molecule has 0 aliphatic heterocycles. The van der Waals surface area contributed by atoms with E-state index in [0.29, 0.717) is 6.42 Å². The molecule has 0 aromatic heterocycles. The molecule has 0 N–H and O–H groups in total. The monoisotopic (exact) mass is 286 g/mol. The first kappa shape index (κ1) is 18.4. The Labute approximate surface area is 119 Å². The molecule has 0 rings (SSSR count). The summed E-state index contributed by atoms with van der Waals surface area (Å²) >= 11 is 0. The summed E-state index contributed by atoms with van der Waals surface area (Å²) in [6.07, 6.45) is 5.27. The van der Waals surface area contributed by atoms with Crippen LogP contribution >= 0.6 is 0 Å². The van der Waals surface area contributed by atoms with E-state index in [2.05, 4.69) is 33.9 Å². The molecule has 0 aromatic rings. The SMILES string of the molecule is CC(C=O)CCCCCC(=O)O[Si](C)(C)C(C)(C)C. The zero-order chi connectivity index (χ0) is 15.1. The second kappa shape index (κ2) is 7.83. The molecule has 0 aromatic carbocycles. The molecule has 3 nitrogen and oxygen atoms in total. The van der Waals surface area contributed by atoms with Gasteiger partial charge in [-0.25, -0.2) is 0 Å². The van der Waals surface area contributed by atoms with Crippen LogP contribution < -0.4 is 0 Å². The van der Waals surface area contributed by atoms with Crippen LogP contribution in [0, 0.1) is 5.92 Å². The fraction of sp³-hybridized carbons (Fsp3) is 0.867. The molecule has 0 amide bonds. The highest BCUT2D eigenvalue weighted by Gasteiger charge is 2.40. The zero-order valence-electron chi connectivity index (χ0n) is 13.4. The molecule has 19 heavy (non-hydrogen) atoms. The maximum absolute atomic E-state index is 11.8. The molecule has 0 spiro atoms. The molecular formula is C15H30O3Si. The van der Waals surface area contributed by atoms with Crippen molar-refractivity contribution in [3.63, 3.8) is 0 Å². The van der Waals surface area contributed by atoms with Gasteiger partial charge in [0.1, 0.15) is 6.29 Å². The lowest BCUT2D eigenvalue weighted by atomic mass is 10.0. The second-order valence-corrected chi connectivity index (χ2v) is 11.7. The maximum Gasteiger partial charge on any atom is 0.292 e. The van der Waals surface area contributed by atoms with E-state index >= 15 is 0 Å². The van der Waals surface area contributed by atoms with Crippen LogP contribution in [-0.2, 0) is 14.0 Å². The van der Waals surface area contributed by atoms with Crippen molar-refractivity contribution in [2.45, 2.75) is 77.9 Å². The minimum absolute atomic E-state index is 0.0602. The lowest BCUT2D eigenvalue weighted by Crippen LogP contribution is -2.42. The summed E-state index contributed by atoms with van der Waals surface area (Å²) in [5.74, 6) is 0.0780. The molecule has 0 aliphatic rings. The standard InChI is InChI=1S/C15H30O3Si/c1-13(12-16)10-8-7-9-11-14(17)18-19(5,6)15(2,3)4/h12-13H,7-11H2,1-6H3. The van der Waals surface area contributed by atoms with Gasteiger partial charge in [0.2, 0.25) is 0 Å². The highest BCUT2D eigenvalue weighted by molar-refractivity contribution is 6.75. The van der Waals surface area contributed by atoms with E-state index in [1.165, 1.54) is 0 Å². The van der Waals surface area contributed by atoms with Crippen molar-refractivity contribution < 1.29 is 14.0 Å². The Bertz CT molecular complexity index is 292. The Morgan fingerprint density at radius 1 is 1.21 bits per heavy atom. The zero-order valence-corrected chi connectivity index (χ0v) is 14.4. The molecule has 0 saturated heterocycles. The predicted molar refractivity (Wildman–Crippen MR) is 81.6 cm³/mol. The van der Waals surface area contributed by atoms with Crippen LogP contribution in [0.4, 0.5) is 0 Å². The summed E-state index contributed by atoms with van der Waals surface area (Å²) in [6.45, 7) is 12.5. The van der Waals surface area contributed by atoms with E-state index in [0.717, 1.165) is 32.0 Å². The van der Waals surface area contributed by atoms with Crippen molar-refractivity contribution in [3.8, 4) is 0 Å². The van der Waals surface area contributed by atoms with Crippen molar-refractivity contribution in [2.75, 3.05) is 0 Å². The molecule has 112 valence electrons. The largest absolute Gasteiger partial charge is 0.519 e. The van der Waals surface area contributed by atoms with Crippen LogP contribution in [0.2, 0.25) is 18.1 Å². The van der Waals surface area contributed by atoms with Gasteiger partial charge in [-0.3, -0.25) is 4.79 Å². The number of rotatable bonds is 8. The molecule has 0 saturated carbocycles. The number of carbonyl (C=O) groups is 2. The molecule has 1 atom stereocenters. The van der Waals surface area contributed by atoms with Crippen molar-refractivity contribution >= 4 is 20.6 Å². The van der Waals surface area contributed by atoms with E-state index in [4.69, 9.17) is 4.43 Å². The quantitative estimate of drug-likeness (QED) is 0.379. The third kappa shape index (κ3) is 7.50. The molecule has 0 heterocycles. The highest BCUT2D eigenvalue weighted by Crippen LogP contribution is 2.36. The van der Waals surface area contributed by atoms with Gasteiger partial charge < -0.3 is 9.22 Å². The summed E-state index contributed by atoms with van der Waals surface area (Å²) in [4.78, 5) is 22.3. The van der Waals surface area contributed by atoms with Gasteiger partial charge in [0.15, 0.2) is 0 Å². The Morgan fingerprint density at radius 3 is 2.26 bits per heavy atom. The fourth-order valence-electron chi connectivity index (χ4n) is 1.47. The second-order valence-electron chi connectivity index (χ2n) is 6.95. The van der Waals surface area contributed by atoms with Crippen molar-refractivity contribution in [2.24, 2.45) is 5.92 Å². The van der Waals surface area contributed by atoms with E-state index in [9.17, 15) is 9.59 Å². The number of carbonyl (C=O) groups excluding carboxylic acids is 2. The van der Waals surface area contributed by atoms with Crippen LogP contribution in [0.25, 0.3) is 0 Å². The van der Waals surface area contributed by atoms with E-state index in [1.54, 1.807) is 0 Å². The Balaban J connectivity index is 3.86. The molecule has 4 heteroatoms. The van der Waals surface area contributed by atoms with Gasteiger partial charge in [-0.15, -0.1) is 0 Å². The van der Waals surface area contributed by atoms with Crippen LogP contribution in [0.15, 0.2) is 0 Å². The predicted octanol–water partition coefficient (Wildman–Crippen LogP) is 4.32. The lowest BCUT2D eigenvalue weighted by Gasteiger charge is -2.35. The smallest absolute Gasteiger partial charge is 0.292 e. The van der Waals surface area contributed by atoms with Crippen LogP contribution in [0.5, 0.6) is 0 Å². The molecule has 0 radical (unpaired) electrons. The van der Waals surface area contributed by atoms with Gasteiger partial charge in [0, 0.05) is 12.3 Å². The maximum atomic E-state index is 11.8. The molecular weight excluding hydrogens is 256 g/mol. The van der Waals surface area contributed by atoms with Crippen LogP contribution in [-0.4, -0.2) is 20.6 Å². The first-order valence-electron chi connectivity index (χ1n) is 7.27. The van der Waals surface area contributed by atoms with Crippen LogP contribution in [0.3, 0.4) is 0 Å². The number of aldehydes is 1. The fourth-order valence-corrected chi connectivity index (χ4v) is 2.45. The first-order valence-corrected chi connectivity index (χ1v) is 10.2. The minimum Gasteiger partial charge on any atom is -0.519 e. The van der Waals surface area contributed by atoms with Crippen LogP contribution in [0.1, 0.15) is 59.8 Å². The first-order chi connectivity index (χ1) is 8.60. The Hall–Kier alpha value is -0.643. The molecule has 0 fully saturated rings. The molecule has 0 aliphatic carbocycles. The average molecular weight is 286 g/mol. The molecule has 1 unspecified atom stereocenters.